The summed E-state index contributed by atoms with van der Waals surface area (Å²) in [6.07, 6.45) is 7.58. The van der Waals surface area contributed by atoms with E-state index in [1.165, 1.54) is 19.3 Å². The van der Waals surface area contributed by atoms with Crippen molar-refractivity contribution in [2.75, 3.05) is 12.4 Å². The Bertz CT molecular complexity index is 913. The molecular weight excluding hydrogens is 326 g/mol. The Morgan fingerprint density at radius 2 is 1.92 bits per heavy atom. The predicted molar refractivity (Wildman–Crippen MR) is 102 cm³/mol. The van der Waals surface area contributed by atoms with Crippen LogP contribution in [0.3, 0.4) is 0 Å². The Hall–Kier alpha value is -2.89. The van der Waals surface area contributed by atoms with E-state index < -0.39 is 0 Å². The minimum atomic E-state index is -0.158. The van der Waals surface area contributed by atoms with E-state index in [1.807, 2.05) is 36.4 Å². The summed E-state index contributed by atoms with van der Waals surface area (Å²) < 4.78 is 1.77. The van der Waals surface area contributed by atoms with E-state index in [-0.39, 0.29) is 5.91 Å². The van der Waals surface area contributed by atoms with Crippen molar-refractivity contribution < 1.29 is 4.79 Å². The highest BCUT2D eigenvalue weighted by Crippen LogP contribution is 2.26. The van der Waals surface area contributed by atoms with E-state index in [2.05, 4.69) is 15.6 Å². The van der Waals surface area contributed by atoms with E-state index in [4.69, 9.17) is 5.10 Å². The first-order chi connectivity index (χ1) is 12.8. The van der Waals surface area contributed by atoms with Crippen LogP contribution in [0.5, 0.6) is 0 Å². The lowest BCUT2D eigenvalue weighted by Crippen LogP contribution is -2.27. The van der Waals surface area contributed by atoms with Crippen molar-refractivity contribution >= 4 is 17.4 Å². The van der Waals surface area contributed by atoms with Crippen LogP contribution in [-0.4, -0.2) is 33.6 Å². The number of benzene rings is 1. The second-order valence-corrected chi connectivity index (χ2v) is 6.74. The van der Waals surface area contributed by atoms with E-state index in [0.29, 0.717) is 11.6 Å². The van der Waals surface area contributed by atoms with Gasteiger partial charge in [0, 0.05) is 30.9 Å². The molecule has 1 aliphatic carbocycles. The second kappa shape index (κ2) is 7.15. The van der Waals surface area contributed by atoms with Gasteiger partial charge >= 0.3 is 0 Å². The zero-order valence-corrected chi connectivity index (χ0v) is 14.9. The number of rotatable bonds is 4. The monoisotopic (exact) mass is 349 g/mol. The summed E-state index contributed by atoms with van der Waals surface area (Å²) in [4.78, 5) is 16.8. The molecule has 6 heteroatoms. The summed E-state index contributed by atoms with van der Waals surface area (Å²) in [5.74, 6) is 0.568. The molecule has 0 unspecified atom stereocenters. The fourth-order valence-electron chi connectivity index (χ4n) is 3.56. The van der Waals surface area contributed by atoms with Crippen LogP contribution in [0.25, 0.3) is 16.9 Å². The molecule has 0 atom stereocenters. The maximum Gasteiger partial charge on any atom is 0.256 e. The molecule has 4 rings (SSSR count). The molecule has 3 aromatic rings. The van der Waals surface area contributed by atoms with Crippen LogP contribution in [0.15, 0.2) is 42.6 Å². The molecular formula is C20H23N5O. The number of carbonyl (C=O) groups is 1. The summed E-state index contributed by atoms with van der Waals surface area (Å²) in [7, 11) is 1.63. The number of nitrogens with one attached hydrogen (secondary N) is 2. The Balaban J connectivity index is 1.80. The number of hydrogen-bond acceptors (Lipinski definition) is 4. The van der Waals surface area contributed by atoms with Crippen molar-refractivity contribution in [3.05, 3.63) is 48.2 Å². The predicted octanol–water partition coefficient (Wildman–Crippen LogP) is 3.50. The van der Waals surface area contributed by atoms with Gasteiger partial charge in [-0.05, 0) is 12.8 Å². The molecule has 6 nitrogen and oxygen atoms in total. The van der Waals surface area contributed by atoms with Crippen LogP contribution in [0.2, 0.25) is 0 Å². The number of amides is 1. The van der Waals surface area contributed by atoms with Gasteiger partial charge in [0.25, 0.3) is 5.91 Å². The van der Waals surface area contributed by atoms with Crippen LogP contribution in [-0.2, 0) is 0 Å². The molecule has 1 aliphatic rings. The summed E-state index contributed by atoms with van der Waals surface area (Å²) in [6.45, 7) is 0. The first-order valence-corrected chi connectivity index (χ1v) is 9.19. The molecule has 2 heterocycles. The van der Waals surface area contributed by atoms with Crippen LogP contribution >= 0.6 is 0 Å². The van der Waals surface area contributed by atoms with Crippen LogP contribution in [0.4, 0.5) is 5.82 Å². The van der Waals surface area contributed by atoms with Gasteiger partial charge in [0.1, 0.15) is 11.4 Å². The Morgan fingerprint density at radius 3 is 2.65 bits per heavy atom. The van der Waals surface area contributed by atoms with Crippen molar-refractivity contribution in [1.82, 2.24) is 19.9 Å². The zero-order valence-electron chi connectivity index (χ0n) is 14.9. The van der Waals surface area contributed by atoms with Crippen LogP contribution in [0.1, 0.15) is 42.5 Å². The van der Waals surface area contributed by atoms with Gasteiger partial charge in [-0.1, -0.05) is 49.6 Å². The highest BCUT2D eigenvalue weighted by molar-refractivity contribution is 5.98. The van der Waals surface area contributed by atoms with E-state index in [1.54, 1.807) is 17.8 Å². The normalized spacial score (nSPS) is 15.1. The SMILES string of the molecule is CNC(=O)c1cnc2cc(-c3ccccc3)nn2c1NC1CCCCC1. The molecule has 2 N–H and O–H groups in total. The minimum Gasteiger partial charge on any atom is -0.367 e. The Kier molecular flexibility index (Phi) is 4.56. The van der Waals surface area contributed by atoms with Crippen molar-refractivity contribution in [2.24, 2.45) is 0 Å². The van der Waals surface area contributed by atoms with Crippen molar-refractivity contribution in [1.29, 1.82) is 0 Å². The van der Waals surface area contributed by atoms with Gasteiger partial charge < -0.3 is 10.6 Å². The fourth-order valence-corrected chi connectivity index (χ4v) is 3.56. The third-order valence-corrected chi connectivity index (χ3v) is 4.97. The van der Waals surface area contributed by atoms with Gasteiger partial charge in [0.2, 0.25) is 0 Å². The molecule has 0 aliphatic heterocycles. The maximum atomic E-state index is 12.4. The summed E-state index contributed by atoms with van der Waals surface area (Å²) in [6, 6.07) is 12.3. The summed E-state index contributed by atoms with van der Waals surface area (Å²) in [5, 5.41) is 11.0. The molecule has 2 aromatic heterocycles. The van der Waals surface area contributed by atoms with Gasteiger partial charge in [-0.2, -0.15) is 9.61 Å². The molecule has 0 radical (unpaired) electrons. The largest absolute Gasteiger partial charge is 0.367 e. The van der Waals surface area contributed by atoms with Crippen molar-refractivity contribution in [2.45, 2.75) is 38.1 Å². The third kappa shape index (κ3) is 3.14. The third-order valence-electron chi connectivity index (χ3n) is 4.97. The summed E-state index contributed by atoms with van der Waals surface area (Å²) in [5.41, 5.74) is 3.13. The molecule has 1 aromatic carbocycles. The number of anilines is 1. The number of carbonyl (C=O) groups excluding carboxylic acids is 1. The number of hydrogen-bond donors (Lipinski definition) is 2. The lowest BCUT2D eigenvalue weighted by atomic mass is 9.95. The molecule has 0 bridgehead atoms. The molecule has 1 saturated carbocycles. The average molecular weight is 349 g/mol. The Labute approximate surface area is 152 Å². The van der Waals surface area contributed by atoms with Gasteiger partial charge in [-0.25, -0.2) is 4.98 Å². The topological polar surface area (TPSA) is 71.3 Å². The molecule has 0 spiro atoms. The Morgan fingerprint density at radius 1 is 1.15 bits per heavy atom. The highest BCUT2D eigenvalue weighted by atomic mass is 16.1. The minimum absolute atomic E-state index is 0.158. The molecule has 0 saturated heterocycles. The van der Waals surface area contributed by atoms with Crippen molar-refractivity contribution in [3.8, 4) is 11.3 Å². The number of nitrogens with zero attached hydrogens (tertiary/aromatic N) is 3. The van der Waals surface area contributed by atoms with Gasteiger partial charge in [0.15, 0.2) is 5.65 Å². The highest BCUT2D eigenvalue weighted by Gasteiger charge is 2.21. The van der Waals surface area contributed by atoms with Crippen LogP contribution < -0.4 is 10.6 Å². The fraction of sp³-hybridized carbons (Fsp3) is 0.350. The van der Waals surface area contributed by atoms with Crippen molar-refractivity contribution in [3.63, 3.8) is 0 Å². The van der Waals surface area contributed by atoms with Gasteiger partial charge in [-0.3, -0.25) is 4.79 Å². The quantitative estimate of drug-likeness (QED) is 0.756. The molecule has 1 fully saturated rings. The number of aromatic nitrogens is 3. The lowest BCUT2D eigenvalue weighted by Gasteiger charge is -2.25. The lowest BCUT2D eigenvalue weighted by molar-refractivity contribution is 0.0963. The molecule has 134 valence electrons. The first-order valence-electron chi connectivity index (χ1n) is 9.19. The zero-order chi connectivity index (χ0) is 17.9. The molecule has 26 heavy (non-hydrogen) atoms. The average Bonchev–Trinajstić information content (AvgIpc) is 3.14. The van der Waals surface area contributed by atoms with E-state index >= 15 is 0 Å². The van der Waals surface area contributed by atoms with Crippen LogP contribution in [0, 0.1) is 0 Å². The summed E-state index contributed by atoms with van der Waals surface area (Å²) >= 11 is 0. The second-order valence-electron chi connectivity index (χ2n) is 6.74. The standard InChI is InChI=1S/C20H23N5O/c1-21-20(26)16-13-22-18-12-17(14-8-4-2-5-9-14)24-25(18)19(16)23-15-10-6-3-7-11-15/h2,4-5,8-9,12-13,15,23H,3,6-7,10-11H2,1H3,(H,21,26). The van der Waals surface area contributed by atoms with Gasteiger partial charge in [0.05, 0.1) is 5.69 Å². The van der Waals surface area contributed by atoms with E-state index in [0.717, 1.165) is 35.6 Å². The maximum absolute atomic E-state index is 12.4. The number of fused-ring (bicyclic) bond motifs is 1. The van der Waals surface area contributed by atoms with Gasteiger partial charge in [-0.15, -0.1) is 0 Å². The first kappa shape index (κ1) is 16.6. The smallest absolute Gasteiger partial charge is 0.256 e. The molecule has 1 amide bonds. The van der Waals surface area contributed by atoms with E-state index in [9.17, 15) is 4.79 Å².